The summed E-state index contributed by atoms with van der Waals surface area (Å²) in [5.41, 5.74) is 1.06. The second-order valence-electron chi connectivity index (χ2n) is 5.06. The molecule has 5 nitrogen and oxygen atoms in total. The molecule has 5 heteroatoms. The third kappa shape index (κ3) is 4.23. The first-order valence-corrected chi connectivity index (χ1v) is 7.22. The molecule has 0 heterocycles. The van der Waals surface area contributed by atoms with Gasteiger partial charge in [-0.3, -0.25) is 0 Å². The number of carbonyl (C=O) groups is 1. The van der Waals surface area contributed by atoms with Gasteiger partial charge in [0.15, 0.2) is 0 Å². The predicted molar refractivity (Wildman–Crippen MR) is 85.8 cm³/mol. The van der Waals surface area contributed by atoms with Gasteiger partial charge in [-0.25, -0.2) is 4.79 Å². The lowest BCUT2D eigenvalue weighted by molar-refractivity contribution is -0.0116. The van der Waals surface area contributed by atoms with Crippen molar-refractivity contribution in [3.8, 4) is 11.5 Å². The highest BCUT2D eigenvalue weighted by atomic mass is 16.6. The molecule has 0 aromatic heterocycles. The maximum atomic E-state index is 12.1. The van der Waals surface area contributed by atoms with E-state index >= 15 is 0 Å². The van der Waals surface area contributed by atoms with Crippen molar-refractivity contribution in [3.05, 3.63) is 59.7 Å². The lowest BCUT2D eigenvalue weighted by atomic mass is 10.1. The molecule has 2 aromatic rings. The molecular weight excluding hydrogens is 296 g/mol. The summed E-state index contributed by atoms with van der Waals surface area (Å²) in [5.74, 6) is 0.865. The monoisotopic (exact) mass is 316 g/mol. The fraction of sp³-hybridized carbons (Fsp3) is 0.278. The lowest BCUT2D eigenvalue weighted by Crippen LogP contribution is -2.22. The zero-order valence-electron chi connectivity index (χ0n) is 13.4. The topological polar surface area (TPSA) is 65.0 Å². The number of methoxy groups -OCH3 is 2. The molecule has 0 fully saturated rings. The minimum atomic E-state index is -0.914. The van der Waals surface area contributed by atoms with Crippen molar-refractivity contribution in [1.82, 2.24) is 0 Å². The Morgan fingerprint density at radius 1 is 0.913 bits per heavy atom. The number of benzene rings is 2. The van der Waals surface area contributed by atoms with Crippen LogP contribution in [-0.4, -0.2) is 31.4 Å². The van der Waals surface area contributed by atoms with Gasteiger partial charge in [0.1, 0.15) is 23.7 Å². The zero-order chi connectivity index (χ0) is 16.8. The smallest absolute Gasteiger partial charge is 0.338 e. The van der Waals surface area contributed by atoms with E-state index in [1.54, 1.807) is 69.7 Å². The van der Waals surface area contributed by atoms with E-state index in [1.807, 2.05) is 0 Å². The van der Waals surface area contributed by atoms with Gasteiger partial charge >= 0.3 is 5.97 Å². The summed E-state index contributed by atoms with van der Waals surface area (Å²) in [7, 11) is 3.13. The van der Waals surface area contributed by atoms with E-state index in [1.165, 1.54) is 0 Å². The van der Waals surface area contributed by atoms with Crippen molar-refractivity contribution < 1.29 is 24.1 Å². The number of ether oxygens (including phenoxy) is 3. The summed E-state index contributed by atoms with van der Waals surface area (Å²) in [4.78, 5) is 12.1. The summed E-state index contributed by atoms with van der Waals surface area (Å²) >= 11 is 0. The standard InChI is InChI=1S/C18H20O5/c1-12(17(19)13-4-8-15(21-2)9-5-13)23-18(20)14-6-10-16(22-3)11-7-14/h4-12,17,19H,1-3H3/t12-,17-/m0/s1. The number of aliphatic hydroxyl groups excluding tert-OH is 1. The van der Waals surface area contributed by atoms with E-state index < -0.39 is 18.2 Å². The van der Waals surface area contributed by atoms with Gasteiger partial charge in [0, 0.05) is 0 Å². The molecule has 0 unspecified atom stereocenters. The molecule has 122 valence electrons. The Morgan fingerprint density at radius 2 is 1.39 bits per heavy atom. The second kappa shape index (κ2) is 7.65. The molecule has 0 radical (unpaired) electrons. The van der Waals surface area contributed by atoms with Crippen LogP contribution in [0.5, 0.6) is 11.5 Å². The zero-order valence-corrected chi connectivity index (χ0v) is 13.4. The lowest BCUT2D eigenvalue weighted by Gasteiger charge is -2.20. The normalized spacial score (nSPS) is 13.0. The number of aliphatic hydroxyl groups is 1. The molecule has 0 bridgehead atoms. The van der Waals surface area contributed by atoms with Gasteiger partial charge < -0.3 is 19.3 Å². The van der Waals surface area contributed by atoms with Crippen LogP contribution in [0, 0.1) is 0 Å². The van der Waals surface area contributed by atoms with Crippen LogP contribution in [0.2, 0.25) is 0 Å². The summed E-state index contributed by atoms with van der Waals surface area (Å²) in [6.07, 6.45) is -1.60. The third-order valence-electron chi connectivity index (χ3n) is 3.52. The molecule has 0 aliphatic carbocycles. The van der Waals surface area contributed by atoms with Gasteiger partial charge in [0.05, 0.1) is 19.8 Å². The van der Waals surface area contributed by atoms with Crippen LogP contribution >= 0.6 is 0 Å². The van der Waals surface area contributed by atoms with Gasteiger partial charge in [0.2, 0.25) is 0 Å². The number of rotatable bonds is 6. The van der Waals surface area contributed by atoms with E-state index in [9.17, 15) is 9.90 Å². The fourth-order valence-corrected chi connectivity index (χ4v) is 2.10. The molecule has 0 aliphatic heterocycles. The molecule has 0 spiro atoms. The van der Waals surface area contributed by atoms with Crippen LogP contribution in [0.4, 0.5) is 0 Å². The third-order valence-corrected chi connectivity index (χ3v) is 3.52. The minimum Gasteiger partial charge on any atom is -0.497 e. The van der Waals surface area contributed by atoms with Crippen LogP contribution in [0.25, 0.3) is 0 Å². The number of hydrogen-bond donors (Lipinski definition) is 1. The summed E-state index contributed by atoms with van der Waals surface area (Å²) in [6.45, 7) is 1.65. The van der Waals surface area contributed by atoms with Crippen molar-refractivity contribution in [2.24, 2.45) is 0 Å². The Bertz CT molecular complexity index is 633. The summed E-state index contributed by atoms with van der Waals surface area (Å²) in [6, 6.07) is 13.6. The molecule has 0 aliphatic rings. The van der Waals surface area contributed by atoms with Crippen LogP contribution in [0.1, 0.15) is 28.9 Å². The van der Waals surface area contributed by atoms with Crippen LogP contribution < -0.4 is 9.47 Å². The highest BCUT2D eigenvalue weighted by molar-refractivity contribution is 5.89. The van der Waals surface area contributed by atoms with Crippen molar-refractivity contribution in [3.63, 3.8) is 0 Å². The number of carbonyl (C=O) groups excluding carboxylic acids is 1. The maximum absolute atomic E-state index is 12.1. The second-order valence-corrected chi connectivity index (χ2v) is 5.06. The minimum absolute atomic E-state index is 0.402. The van der Waals surface area contributed by atoms with Crippen molar-refractivity contribution in [1.29, 1.82) is 0 Å². The molecule has 2 aromatic carbocycles. The first-order chi connectivity index (χ1) is 11.0. The van der Waals surface area contributed by atoms with Gasteiger partial charge in [-0.15, -0.1) is 0 Å². The van der Waals surface area contributed by atoms with Gasteiger partial charge in [-0.2, -0.15) is 0 Å². The number of hydrogen-bond acceptors (Lipinski definition) is 5. The maximum Gasteiger partial charge on any atom is 0.338 e. The van der Waals surface area contributed by atoms with Crippen molar-refractivity contribution in [2.75, 3.05) is 14.2 Å². The Kier molecular flexibility index (Phi) is 5.60. The molecule has 0 amide bonds. The van der Waals surface area contributed by atoms with E-state index in [4.69, 9.17) is 14.2 Å². The first-order valence-electron chi connectivity index (χ1n) is 7.22. The molecule has 1 N–H and O–H groups in total. The van der Waals surface area contributed by atoms with E-state index in [2.05, 4.69) is 0 Å². The molecular formula is C18H20O5. The molecule has 23 heavy (non-hydrogen) atoms. The fourth-order valence-electron chi connectivity index (χ4n) is 2.10. The van der Waals surface area contributed by atoms with E-state index in [-0.39, 0.29) is 0 Å². The van der Waals surface area contributed by atoms with Crippen LogP contribution in [0.15, 0.2) is 48.5 Å². The van der Waals surface area contributed by atoms with E-state index in [0.717, 1.165) is 0 Å². The van der Waals surface area contributed by atoms with Gasteiger partial charge in [0.25, 0.3) is 0 Å². The first kappa shape index (κ1) is 16.8. The van der Waals surface area contributed by atoms with Gasteiger partial charge in [-0.05, 0) is 48.9 Å². The Labute approximate surface area is 135 Å². The van der Waals surface area contributed by atoms with Crippen molar-refractivity contribution >= 4 is 5.97 Å². The largest absolute Gasteiger partial charge is 0.497 e. The quantitative estimate of drug-likeness (QED) is 0.830. The highest BCUT2D eigenvalue weighted by Crippen LogP contribution is 2.23. The number of esters is 1. The van der Waals surface area contributed by atoms with Crippen molar-refractivity contribution in [2.45, 2.75) is 19.1 Å². The van der Waals surface area contributed by atoms with E-state index in [0.29, 0.717) is 22.6 Å². The molecule has 2 atom stereocenters. The molecule has 0 saturated heterocycles. The Hall–Kier alpha value is -2.53. The molecule has 2 rings (SSSR count). The average Bonchev–Trinajstić information content (AvgIpc) is 2.61. The average molecular weight is 316 g/mol. The Morgan fingerprint density at radius 3 is 1.87 bits per heavy atom. The highest BCUT2D eigenvalue weighted by Gasteiger charge is 2.21. The van der Waals surface area contributed by atoms with Crippen LogP contribution in [0.3, 0.4) is 0 Å². The summed E-state index contributed by atoms with van der Waals surface area (Å²) < 4.78 is 15.4. The van der Waals surface area contributed by atoms with Gasteiger partial charge in [-0.1, -0.05) is 12.1 Å². The predicted octanol–water partition coefficient (Wildman–Crippen LogP) is 2.98. The Balaban J connectivity index is 2.01. The van der Waals surface area contributed by atoms with Crippen LogP contribution in [-0.2, 0) is 4.74 Å². The summed E-state index contributed by atoms with van der Waals surface area (Å²) in [5, 5.41) is 10.3. The SMILES string of the molecule is COc1ccc(C(=O)O[C@@H](C)[C@H](O)c2ccc(OC)cc2)cc1. The molecule has 0 saturated carbocycles.